The highest BCUT2D eigenvalue weighted by atomic mass is 14.1. The van der Waals surface area contributed by atoms with Crippen LogP contribution in [0.2, 0.25) is 0 Å². The van der Waals surface area contributed by atoms with Crippen molar-refractivity contribution in [1.29, 1.82) is 0 Å². The number of benzene rings is 2. The average Bonchev–Trinajstić information content (AvgIpc) is 2.26. The van der Waals surface area contributed by atoms with Crippen LogP contribution in [0.3, 0.4) is 0 Å². The Balaban J connectivity index is 2.34. The highest BCUT2D eigenvalue weighted by Crippen LogP contribution is 2.21. The quantitative estimate of drug-likeness (QED) is 0.688. The largest absolute Gasteiger partial charge is 0.0625 e. The summed E-state index contributed by atoms with van der Waals surface area (Å²) in [5.41, 5.74) is 1.32. The van der Waals surface area contributed by atoms with Gasteiger partial charge in [-0.1, -0.05) is 56.3 Å². The zero-order chi connectivity index (χ0) is 10.7. The van der Waals surface area contributed by atoms with E-state index in [-0.39, 0.29) is 0 Å². The standard InChI is InChI=1S/C15H16/c1-12(2)10-11-14-8-5-7-13-6-3-4-9-15(13)14/h3-9,11-12H,1,10H2,2H3. The van der Waals surface area contributed by atoms with Gasteiger partial charge in [-0.2, -0.15) is 0 Å². The molecule has 2 rings (SSSR count). The fraction of sp³-hybridized carbons (Fsp3) is 0.200. The van der Waals surface area contributed by atoms with E-state index < -0.39 is 0 Å². The molecular formula is C15H16. The Morgan fingerprint density at radius 1 is 1.13 bits per heavy atom. The maximum Gasteiger partial charge on any atom is -0.00841 e. The molecule has 0 spiro atoms. The van der Waals surface area contributed by atoms with Gasteiger partial charge in [0.15, 0.2) is 0 Å². The van der Waals surface area contributed by atoms with E-state index in [1.165, 1.54) is 16.3 Å². The van der Waals surface area contributed by atoms with Gasteiger partial charge in [0, 0.05) is 0 Å². The van der Waals surface area contributed by atoms with Gasteiger partial charge in [0.05, 0.1) is 0 Å². The molecule has 0 amide bonds. The molecule has 76 valence electrons. The van der Waals surface area contributed by atoms with Crippen LogP contribution in [0.4, 0.5) is 0 Å². The van der Waals surface area contributed by atoms with Gasteiger partial charge in [0.25, 0.3) is 0 Å². The van der Waals surface area contributed by atoms with Gasteiger partial charge < -0.3 is 0 Å². The zero-order valence-electron chi connectivity index (χ0n) is 9.11. The Morgan fingerprint density at radius 3 is 2.67 bits per heavy atom. The van der Waals surface area contributed by atoms with E-state index in [4.69, 9.17) is 0 Å². The summed E-state index contributed by atoms with van der Waals surface area (Å²) in [6, 6.07) is 14.9. The highest BCUT2D eigenvalue weighted by Gasteiger charge is 2.01. The van der Waals surface area contributed by atoms with Crippen molar-refractivity contribution in [2.75, 3.05) is 0 Å². The lowest BCUT2D eigenvalue weighted by Gasteiger charge is -2.07. The van der Waals surface area contributed by atoms with Crippen LogP contribution in [0.15, 0.2) is 42.5 Å². The second-order valence-electron chi connectivity index (χ2n) is 4.11. The van der Waals surface area contributed by atoms with Crippen LogP contribution in [0.1, 0.15) is 18.9 Å². The van der Waals surface area contributed by atoms with E-state index in [0.29, 0.717) is 5.92 Å². The molecule has 0 heterocycles. The smallest absolute Gasteiger partial charge is 0.00841 e. The first kappa shape index (κ1) is 10.2. The number of hydrogen-bond donors (Lipinski definition) is 0. The topological polar surface area (TPSA) is 0 Å². The summed E-state index contributed by atoms with van der Waals surface area (Å²) in [4.78, 5) is 0. The molecule has 15 heavy (non-hydrogen) atoms. The van der Waals surface area contributed by atoms with Crippen LogP contribution < -0.4 is 0 Å². The molecule has 0 aliphatic carbocycles. The Kier molecular flexibility index (Phi) is 3.05. The van der Waals surface area contributed by atoms with Gasteiger partial charge in [0.2, 0.25) is 0 Å². The summed E-state index contributed by atoms with van der Waals surface area (Å²) < 4.78 is 0. The lowest BCUT2D eigenvalue weighted by Crippen LogP contribution is -1.90. The van der Waals surface area contributed by atoms with Crippen molar-refractivity contribution in [1.82, 2.24) is 0 Å². The van der Waals surface area contributed by atoms with Gasteiger partial charge in [-0.15, -0.1) is 0 Å². The summed E-state index contributed by atoms with van der Waals surface area (Å²) in [6.45, 7) is 6.14. The molecule has 0 heteroatoms. The minimum Gasteiger partial charge on any atom is -0.0625 e. The van der Waals surface area contributed by atoms with Crippen molar-refractivity contribution in [2.24, 2.45) is 5.92 Å². The summed E-state index contributed by atoms with van der Waals surface area (Å²) in [5.74, 6) is 0.476. The van der Waals surface area contributed by atoms with E-state index in [9.17, 15) is 0 Å². The maximum absolute atomic E-state index is 4.00. The molecule has 0 aliphatic rings. The normalized spacial score (nSPS) is 11.1. The molecule has 0 aliphatic heterocycles. The van der Waals surface area contributed by atoms with Gasteiger partial charge in [-0.05, 0) is 35.1 Å². The summed E-state index contributed by atoms with van der Waals surface area (Å²) in [5, 5.41) is 2.64. The van der Waals surface area contributed by atoms with E-state index >= 15 is 0 Å². The van der Waals surface area contributed by atoms with Gasteiger partial charge in [-0.3, -0.25) is 0 Å². The van der Waals surface area contributed by atoms with Gasteiger partial charge >= 0.3 is 0 Å². The Bertz CT molecular complexity index is 435. The van der Waals surface area contributed by atoms with Crippen molar-refractivity contribution in [2.45, 2.75) is 13.3 Å². The van der Waals surface area contributed by atoms with Gasteiger partial charge in [-0.25, -0.2) is 0 Å². The number of rotatable bonds is 3. The average molecular weight is 196 g/mol. The van der Waals surface area contributed by atoms with Crippen molar-refractivity contribution in [3.05, 3.63) is 61.4 Å². The first-order valence-corrected chi connectivity index (χ1v) is 5.41. The van der Waals surface area contributed by atoms with Crippen LogP contribution in [0.5, 0.6) is 0 Å². The van der Waals surface area contributed by atoms with Crippen molar-refractivity contribution < 1.29 is 0 Å². The molecule has 2 aromatic rings. The predicted molar refractivity (Wildman–Crippen MR) is 66.5 cm³/mol. The SMILES string of the molecule is [CH2]C(C)C[CH]c1cccc2ccccc12. The third-order valence-electron chi connectivity index (χ3n) is 2.56. The molecule has 0 bridgehead atoms. The molecule has 0 N–H and O–H groups in total. The Labute approximate surface area is 91.9 Å². The Morgan fingerprint density at radius 2 is 1.87 bits per heavy atom. The van der Waals surface area contributed by atoms with Crippen LogP contribution in [0.25, 0.3) is 10.8 Å². The fourth-order valence-corrected chi connectivity index (χ4v) is 1.76. The fourth-order valence-electron chi connectivity index (χ4n) is 1.76. The van der Waals surface area contributed by atoms with Crippen LogP contribution in [0, 0.1) is 19.3 Å². The number of hydrogen-bond acceptors (Lipinski definition) is 0. The molecule has 2 aromatic carbocycles. The molecular weight excluding hydrogens is 180 g/mol. The third-order valence-corrected chi connectivity index (χ3v) is 2.56. The lowest BCUT2D eigenvalue weighted by atomic mass is 9.97. The second-order valence-corrected chi connectivity index (χ2v) is 4.11. The zero-order valence-corrected chi connectivity index (χ0v) is 9.11. The van der Waals surface area contributed by atoms with Crippen molar-refractivity contribution in [3.8, 4) is 0 Å². The second kappa shape index (κ2) is 4.48. The first-order chi connectivity index (χ1) is 7.27. The van der Waals surface area contributed by atoms with E-state index in [1.54, 1.807) is 0 Å². The summed E-state index contributed by atoms with van der Waals surface area (Å²) in [6.07, 6.45) is 3.31. The minimum absolute atomic E-state index is 0.476. The Hall–Kier alpha value is -1.30. The van der Waals surface area contributed by atoms with Crippen molar-refractivity contribution >= 4 is 10.8 Å². The lowest BCUT2D eigenvalue weighted by molar-refractivity contribution is 0.716. The van der Waals surface area contributed by atoms with E-state index in [0.717, 1.165) is 6.42 Å². The molecule has 0 saturated carbocycles. The molecule has 2 radical (unpaired) electrons. The van der Waals surface area contributed by atoms with Crippen LogP contribution in [-0.4, -0.2) is 0 Å². The maximum atomic E-state index is 4.00. The minimum atomic E-state index is 0.476. The van der Waals surface area contributed by atoms with Crippen LogP contribution in [-0.2, 0) is 0 Å². The summed E-state index contributed by atoms with van der Waals surface area (Å²) in [7, 11) is 0. The first-order valence-electron chi connectivity index (χ1n) is 5.41. The molecule has 1 unspecified atom stereocenters. The van der Waals surface area contributed by atoms with Crippen LogP contribution >= 0.6 is 0 Å². The number of fused-ring (bicyclic) bond motifs is 1. The monoisotopic (exact) mass is 196 g/mol. The molecule has 1 atom stereocenters. The van der Waals surface area contributed by atoms with Gasteiger partial charge in [0.1, 0.15) is 0 Å². The highest BCUT2D eigenvalue weighted by molar-refractivity contribution is 5.86. The summed E-state index contributed by atoms with van der Waals surface area (Å²) >= 11 is 0. The third kappa shape index (κ3) is 2.38. The molecule has 0 aromatic heterocycles. The molecule has 0 fully saturated rings. The van der Waals surface area contributed by atoms with E-state index in [2.05, 4.69) is 62.7 Å². The molecule has 0 saturated heterocycles. The molecule has 0 nitrogen and oxygen atoms in total. The van der Waals surface area contributed by atoms with Crippen molar-refractivity contribution in [3.63, 3.8) is 0 Å². The predicted octanol–water partition coefficient (Wildman–Crippen LogP) is 4.25. The van der Waals surface area contributed by atoms with E-state index in [1.807, 2.05) is 0 Å².